The average Bonchev–Trinajstić information content (AvgIpc) is 1.64. The molecule has 0 saturated carbocycles. The van der Waals surface area contributed by atoms with Gasteiger partial charge in [0.2, 0.25) is 0 Å². The quantitative estimate of drug-likeness (QED) is 0.286. The van der Waals surface area contributed by atoms with E-state index in [9.17, 15) is 9.90 Å². The summed E-state index contributed by atoms with van der Waals surface area (Å²) in [6.07, 6.45) is 0. The van der Waals surface area contributed by atoms with Crippen molar-refractivity contribution in [2.45, 2.75) is 20.8 Å². The van der Waals surface area contributed by atoms with Crippen LogP contribution in [0.15, 0.2) is 11.1 Å². The van der Waals surface area contributed by atoms with Crippen molar-refractivity contribution in [3.63, 3.8) is 0 Å². The Kier molecular flexibility index (Phi) is 6.68. The van der Waals surface area contributed by atoms with Gasteiger partial charge in [-0.05, 0) is 26.3 Å². The number of carbonyl (C=O) groups excluding carboxylic acids is 1. The van der Waals surface area contributed by atoms with Crippen LogP contribution in [0.3, 0.4) is 0 Å². The van der Waals surface area contributed by atoms with Crippen LogP contribution in [0.2, 0.25) is 0 Å². The first-order chi connectivity index (χ1) is 3.55. The maximum absolute atomic E-state index is 9.97. The van der Waals surface area contributed by atoms with Gasteiger partial charge in [-0.3, -0.25) is 0 Å². The van der Waals surface area contributed by atoms with Gasteiger partial charge in [-0.1, -0.05) is 5.57 Å². The summed E-state index contributed by atoms with van der Waals surface area (Å²) in [5, 5.41) is 9.97. The fraction of sp³-hybridized carbons (Fsp3) is 0.500. The second kappa shape index (κ2) is 5.03. The molecule has 0 aromatic heterocycles. The average molecular weight is 136 g/mol. The molecule has 9 heavy (non-hydrogen) atoms. The van der Waals surface area contributed by atoms with E-state index in [2.05, 4.69) is 0 Å². The van der Waals surface area contributed by atoms with E-state index in [1.807, 2.05) is 0 Å². The molecule has 0 spiro atoms. The van der Waals surface area contributed by atoms with Crippen molar-refractivity contribution in [3.05, 3.63) is 11.1 Å². The summed E-state index contributed by atoms with van der Waals surface area (Å²) in [5.41, 5.74) is 1.12. The van der Waals surface area contributed by atoms with E-state index in [-0.39, 0.29) is 29.6 Å². The number of aliphatic carboxylic acids is 1. The Morgan fingerprint density at radius 2 is 1.56 bits per heavy atom. The molecule has 3 heteroatoms. The predicted octanol–water partition coefficient (Wildman–Crippen LogP) is -2.90. The standard InChI is InChI=1S/C6H10O2.Na/c1-4(2)5(3)6(7)8;/h1-3H3,(H,7,8);/q;+1/p-1. The van der Waals surface area contributed by atoms with Crippen LogP contribution < -0.4 is 34.7 Å². The van der Waals surface area contributed by atoms with Gasteiger partial charge in [0, 0.05) is 0 Å². The van der Waals surface area contributed by atoms with Gasteiger partial charge >= 0.3 is 29.6 Å². The fourth-order valence-corrected chi connectivity index (χ4v) is 0.204. The molecule has 0 atom stereocenters. The Morgan fingerprint density at radius 3 is 1.56 bits per heavy atom. The van der Waals surface area contributed by atoms with Crippen LogP contribution in [0.25, 0.3) is 0 Å². The summed E-state index contributed by atoms with van der Waals surface area (Å²) < 4.78 is 0. The summed E-state index contributed by atoms with van der Waals surface area (Å²) in [6, 6.07) is 0. The van der Waals surface area contributed by atoms with Crippen LogP contribution in [-0.2, 0) is 4.79 Å². The summed E-state index contributed by atoms with van der Waals surface area (Å²) in [5.74, 6) is -1.08. The van der Waals surface area contributed by atoms with Gasteiger partial charge < -0.3 is 9.90 Å². The van der Waals surface area contributed by atoms with Crippen molar-refractivity contribution in [1.29, 1.82) is 0 Å². The van der Waals surface area contributed by atoms with Gasteiger partial charge in [-0.2, -0.15) is 0 Å². The van der Waals surface area contributed by atoms with Gasteiger partial charge in [-0.25, -0.2) is 0 Å². The summed E-state index contributed by atoms with van der Waals surface area (Å²) in [6.45, 7) is 5.01. The fourth-order valence-electron chi connectivity index (χ4n) is 0.204. The Morgan fingerprint density at radius 1 is 1.22 bits per heavy atom. The zero-order chi connectivity index (χ0) is 6.73. The molecule has 2 nitrogen and oxygen atoms in total. The van der Waals surface area contributed by atoms with Crippen LogP contribution in [0, 0.1) is 0 Å². The number of rotatable bonds is 1. The van der Waals surface area contributed by atoms with Crippen molar-refractivity contribution in [3.8, 4) is 0 Å². The molecule has 0 N–H and O–H groups in total. The normalized spacial score (nSPS) is 7.44. The first-order valence-corrected chi connectivity index (χ1v) is 2.41. The van der Waals surface area contributed by atoms with Gasteiger partial charge in [0.15, 0.2) is 0 Å². The summed E-state index contributed by atoms with van der Waals surface area (Å²) in [4.78, 5) is 9.97. The summed E-state index contributed by atoms with van der Waals surface area (Å²) in [7, 11) is 0. The first-order valence-electron chi connectivity index (χ1n) is 2.41. The topological polar surface area (TPSA) is 40.1 Å². The molecule has 0 rings (SSSR count). The Bertz CT molecular complexity index is 134. The predicted molar refractivity (Wildman–Crippen MR) is 29.1 cm³/mol. The Labute approximate surface area is 77.2 Å². The number of carbonyl (C=O) groups is 1. The Balaban J connectivity index is 0. The van der Waals surface area contributed by atoms with Crippen molar-refractivity contribution >= 4 is 5.97 Å². The minimum Gasteiger partial charge on any atom is -0.545 e. The molecule has 0 saturated heterocycles. The van der Waals surface area contributed by atoms with Crippen molar-refractivity contribution < 1.29 is 39.5 Å². The number of allylic oxidation sites excluding steroid dienone is 1. The largest absolute Gasteiger partial charge is 1.00 e. The van der Waals surface area contributed by atoms with Crippen molar-refractivity contribution in [2.75, 3.05) is 0 Å². The van der Waals surface area contributed by atoms with Gasteiger partial charge in [-0.15, -0.1) is 0 Å². The van der Waals surface area contributed by atoms with E-state index in [4.69, 9.17) is 0 Å². The molecular weight excluding hydrogens is 127 g/mol. The maximum Gasteiger partial charge on any atom is 1.00 e. The Hall–Kier alpha value is 0.210. The van der Waals surface area contributed by atoms with Gasteiger partial charge in [0.25, 0.3) is 0 Å². The number of carboxylic acid groups (broad SMARTS) is 1. The maximum atomic E-state index is 9.97. The molecule has 0 aliphatic rings. The van der Waals surface area contributed by atoms with E-state index in [0.29, 0.717) is 5.57 Å². The minimum atomic E-state index is -1.08. The number of carboxylic acids is 1. The molecule has 0 radical (unpaired) electrons. The molecule has 0 aromatic carbocycles. The first kappa shape index (κ1) is 11.9. The third-order valence-electron chi connectivity index (χ3n) is 1.06. The molecule has 0 aromatic rings. The zero-order valence-electron chi connectivity index (χ0n) is 6.32. The minimum absolute atomic E-state index is 0. The molecular formula is C6H9NaO2. The van der Waals surface area contributed by atoms with Crippen molar-refractivity contribution in [1.82, 2.24) is 0 Å². The van der Waals surface area contributed by atoms with Gasteiger partial charge in [0.1, 0.15) is 0 Å². The van der Waals surface area contributed by atoms with Gasteiger partial charge in [0.05, 0.1) is 5.97 Å². The molecule has 0 bridgehead atoms. The van der Waals surface area contributed by atoms with Crippen LogP contribution in [0.4, 0.5) is 0 Å². The molecule has 0 aliphatic heterocycles. The molecule has 0 unspecified atom stereocenters. The van der Waals surface area contributed by atoms with Crippen LogP contribution in [0.5, 0.6) is 0 Å². The zero-order valence-corrected chi connectivity index (χ0v) is 8.32. The van der Waals surface area contributed by atoms with Crippen LogP contribution in [0.1, 0.15) is 20.8 Å². The molecule has 0 amide bonds. The van der Waals surface area contributed by atoms with E-state index in [1.165, 1.54) is 6.92 Å². The second-order valence-corrected chi connectivity index (χ2v) is 1.91. The van der Waals surface area contributed by atoms with Crippen LogP contribution >= 0.6 is 0 Å². The van der Waals surface area contributed by atoms with Crippen LogP contribution in [-0.4, -0.2) is 5.97 Å². The molecule has 0 aliphatic carbocycles. The smallest absolute Gasteiger partial charge is 0.545 e. The monoisotopic (exact) mass is 136 g/mol. The molecule has 46 valence electrons. The summed E-state index contributed by atoms with van der Waals surface area (Å²) >= 11 is 0. The third kappa shape index (κ3) is 4.70. The van der Waals surface area contributed by atoms with E-state index < -0.39 is 5.97 Å². The molecule has 0 heterocycles. The third-order valence-corrected chi connectivity index (χ3v) is 1.06. The molecule has 0 fully saturated rings. The number of hydrogen-bond donors (Lipinski definition) is 0. The number of hydrogen-bond acceptors (Lipinski definition) is 2. The second-order valence-electron chi connectivity index (χ2n) is 1.91. The van der Waals surface area contributed by atoms with Crippen molar-refractivity contribution in [2.24, 2.45) is 0 Å². The van der Waals surface area contributed by atoms with E-state index in [1.54, 1.807) is 13.8 Å². The SMILES string of the molecule is CC(C)=C(C)C(=O)[O-].[Na+]. The van der Waals surface area contributed by atoms with E-state index in [0.717, 1.165) is 5.57 Å². The van der Waals surface area contributed by atoms with E-state index >= 15 is 0 Å².